The van der Waals surface area contributed by atoms with E-state index in [0.717, 1.165) is 5.56 Å². The third kappa shape index (κ3) is 4.16. The fourth-order valence-corrected chi connectivity index (χ4v) is 3.26. The minimum absolute atomic E-state index is 0.0962. The number of amides is 1. The van der Waals surface area contributed by atoms with Crippen molar-refractivity contribution in [2.45, 2.75) is 52.5 Å². The van der Waals surface area contributed by atoms with Crippen LogP contribution >= 0.6 is 0 Å². The van der Waals surface area contributed by atoms with E-state index in [2.05, 4.69) is 30.5 Å². The highest BCUT2D eigenvalue weighted by Crippen LogP contribution is 2.30. The summed E-state index contributed by atoms with van der Waals surface area (Å²) in [6.45, 7) is 10.1. The average molecular weight is 435 g/mol. The molecule has 10 nitrogen and oxygen atoms in total. The van der Waals surface area contributed by atoms with Crippen molar-refractivity contribution in [3.8, 4) is 11.4 Å². The average Bonchev–Trinajstić information content (AvgIpc) is 3.34. The van der Waals surface area contributed by atoms with Gasteiger partial charge in [-0.25, -0.2) is 14.6 Å². The number of carbonyl (C=O) groups is 1. The molecule has 0 saturated carbocycles. The predicted octanol–water partition coefficient (Wildman–Crippen LogP) is 3.52. The van der Waals surface area contributed by atoms with E-state index in [9.17, 15) is 4.79 Å². The summed E-state index contributed by atoms with van der Waals surface area (Å²) in [6, 6.07) is 5.49. The topological polar surface area (TPSA) is 138 Å². The lowest BCUT2D eigenvalue weighted by molar-refractivity contribution is -0.115. The Morgan fingerprint density at radius 2 is 2.00 bits per heavy atom. The van der Waals surface area contributed by atoms with Crippen LogP contribution in [0.15, 0.2) is 35.2 Å². The molecule has 0 unspecified atom stereocenters. The number of nitrogens with two attached hydrogens (primary N) is 1. The zero-order valence-corrected chi connectivity index (χ0v) is 18.7. The molecular formula is C22H26N8O2. The summed E-state index contributed by atoms with van der Waals surface area (Å²) in [5.74, 6) is 1.24. The van der Waals surface area contributed by atoms with Gasteiger partial charge in [-0.3, -0.25) is 9.78 Å². The van der Waals surface area contributed by atoms with Gasteiger partial charge in [-0.05, 0) is 25.5 Å². The summed E-state index contributed by atoms with van der Waals surface area (Å²) < 4.78 is 7.10. The van der Waals surface area contributed by atoms with E-state index >= 15 is 0 Å². The van der Waals surface area contributed by atoms with Crippen molar-refractivity contribution in [2.24, 2.45) is 0 Å². The van der Waals surface area contributed by atoms with Gasteiger partial charge in [-0.2, -0.15) is 5.10 Å². The van der Waals surface area contributed by atoms with Crippen LogP contribution in [-0.2, 0) is 16.6 Å². The van der Waals surface area contributed by atoms with Gasteiger partial charge in [0.1, 0.15) is 23.6 Å². The summed E-state index contributed by atoms with van der Waals surface area (Å²) in [5, 5.41) is 12.0. The molecule has 0 aliphatic carbocycles. The molecule has 166 valence electrons. The Morgan fingerprint density at radius 3 is 2.62 bits per heavy atom. The quantitative estimate of drug-likeness (QED) is 0.487. The van der Waals surface area contributed by atoms with Gasteiger partial charge in [0.05, 0.1) is 17.5 Å². The number of anilines is 2. The van der Waals surface area contributed by atoms with Crippen molar-refractivity contribution < 1.29 is 9.32 Å². The summed E-state index contributed by atoms with van der Waals surface area (Å²) in [4.78, 5) is 25.4. The molecule has 10 heteroatoms. The summed E-state index contributed by atoms with van der Waals surface area (Å²) in [7, 11) is 0. The maximum Gasteiger partial charge on any atom is 0.230 e. The fourth-order valence-electron chi connectivity index (χ4n) is 3.26. The molecule has 4 heterocycles. The lowest BCUT2D eigenvalue weighted by atomic mass is 9.93. The number of hydrogen-bond donors (Lipinski definition) is 2. The van der Waals surface area contributed by atoms with Crippen LogP contribution in [0.25, 0.3) is 22.4 Å². The highest BCUT2D eigenvalue weighted by molar-refractivity contribution is 5.97. The molecule has 0 fully saturated rings. The molecule has 0 radical (unpaired) electrons. The van der Waals surface area contributed by atoms with Gasteiger partial charge in [0, 0.05) is 23.7 Å². The standard InChI is InChI=1S/C22H26N8O2/c1-12(2)30-21-18(20(23)25-11-26-21)19(28-30)14-7-6-13(10-24-14)8-17(31)27-16-9-15(32-29-16)22(3,4)5/h6-7,9-12H,8H2,1-5H3,(H2,23,25,26)(H,27,29,31). The highest BCUT2D eigenvalue weighted by Gasteiger charge is 2.21. The predicted molar refractivity (Wildman–Crippen MR) is 121 cm³/mol. The smallest absolute Gasteiger partial charge is 0.230 e. The molecule has 0 aromatic carbocycles. The van der Waals surface area contributed by atoms with Crippen LogP contribution < -0.4 is 11.1 Å². The maximum atomic E-state index is 12.4. The molecule has 3 N–H and O–H groups in total. The third-order valence-corrected chi connectivity index (χ3v) is 4.96. The van der Waals surface area contributed by atoms with Gasteiger partial charge in [0.25, 0.3) is 0 Å². The van der Waals surface area contributed by atoms with E-state index in [1.807, 2.05) is 46.8 Å². The van der Waals surface area contributed by atoms with Crippen LogP contribution in [0, 0.1) is 0 Å². The summed E-state index contributed by atoms with van der Waals surface area (Å²) >= 11 is 0. The number of fused-ring (bicyclic) bond motifs is 1. The number of aromatic nitrogens is 6. The van der Waals surface area contributed by atoms with E-state index in [-0.39, 0.29) is 23.8 Å². The number of nitrogens with one attached hydrogen (secondary N) is 1. The van der Waals surface area contributed by atoms with Crippen molar-refractivity contribution in [3.05, 3.63) is 42.0 Å². The van der Waals surface area contributed by atoms with Crippen molar-refractivity contribution in [3.63, 3.8) is 0 Å². The Labute approximate surface area is 185 Å². The molecule has 0 saturated heterocycles. The van der Waals surface area contributed by atoms with Crippen LogP contribution in [-0.4, -0.2) is 35.8 Å². The number of carbonyl (C=O) groups excluding carboxylic acids is 1. The van der Waals surface area contributed by atoms with Crippen LogP contribution in [0.2, 0.25) is 0 Å². The number of rotatable bonds is 5. The first-order chi connectivity index (χ1) is 15.1. The lowest BCUT2D eigenvalue weighted by Crippen LogP contribution is -2.15. The van der Waals surface area contributed by atoms with Gasteiger partial charge in [-0.1, -0.05) is 32.0 Å². The van der Waals surface area contributed by atoms with Gasteiger partial charge < -0.3 is 15.6 Å². The SMILES string of the molecule is CC(C)n1nc(-c2ccc(CC(=O)Nc3cc(C(C)(C)C)on3)cn2)c2c(N)ncnc21. The molecule has 4 aromatic heterocycles. The van der Waals surface area contributed by atoms with Crippen LogP contribution in [0.1, 0.15) is 52.0 Å². The zero-order valence-electron chi connectivity index (χ0n) is 18.7. The molecule has 4 aromatic rings. The molecule has 32 heavy (non-hydrogen) atoms. The zero-order chi connectivity index (χ0) is 23.0. The van der Waals surface area contributed by atoms with E-state index in [1.165, 1.54) is 6.33 Å². The molecule has 0 aliphatic heterocycles. The number of hydrogen-bond acceptors (Lipinski definition) is 8. The van der Waals surface area contributed by atoms with E-state index in [1.54, 1.807) is 16.9 Å². The van der Waals surface area contributed by atoms with E-state index in [0.29, 0.717) is 39.8 Å². The number of pyridine rings is 1. The molecule has 0 bridgehead atoms. The van der Waals surface area contributed by atoms with Gasteiger partial charge in [0.2, 0.25) is 5.91 Å². The second-order valence-corrected chi connectivity index (χ2v) is 8.95. The Morgan fingerprint density at radius 1 is 1.22 bits per heavy atom. The van der Waals surface area contributed by atoms with E-state index < -0.39 is 0 Å². The largest absolute Gasteiger partial charge is 0.383 e. The Balaban J connectivity index is 1.53. The minimum atomic E-state index is -0.208. The highest BCUT2D eigenvalue weighted by atomic mass is 16.5. The van der Waals surface area contributed by atoms with Gasteiger partial charge in [-0.15, -0.1) is 0 Å². The normalized spacial score (nSPS) is 11.9. The molecule has 0 atom stereocenters. The molecular weight excluding hydrogens is 408 g/mol. The lowest BCUT2D eigenvalue weighted by Gasteiger charge is -2.12. The molecule has 1 amide bonds. The molecule has 4 rings (SSSR count). The first-order valence-electron chi connectivity index (χ1n) is 10.3. The number of nitrogen functional groups attached to an aromatic ring is 1. The fraction of sp³-hybridized carbons (Fsp3) is 0.364. The van der Waals surface area contributed by atoms with Gasteiger partial charge >= 0.3 is 0 Å². The number of nitrogens with zero attached hydrogens (tertiary/aromatic N) is 6. The van der Waals surface area contributed by atoms with Crippen LogP contribution in [0.3, 0.4) is 0 Å². The second-order valence-electron chi connectivity index (χ2n) is 8.95. The van der Waals surface area contributed by atoms with E-state index in [4.69, 9.17) is 10.3 Å². The monoisotopic (exact) mass is 434 g/mol. The van der Waals surface area contributed by atoms with Crippen molar-refractivity contribution >= 4 is 28.6 Å². The Kier molecular flexibility index (Phi) is 5.37. The molecule has 0 aliphatic rings. The maximum absolute atomic E-state index is 12.4. The first kappa shape index (κ1) is 21.4. The van der Waals surface area contributed by atoms with Crippen molar-refractivity contribution in [1.82, 2.24) is 29.9 Å². The van der Waals surface area contributed by atoms with Gasteiger partial charge in [0.15, 0.2) is 11.5 Å². The van der Waals surface area contributed by atoms with Crippen LogP contribution in [0.5, 0.6) is 0 Å². The summed E-state index contributed by atoms with van der Waals surface area (Å²) in [6.07, 6.45) is 3.23. The van der Waals surface area contributed by atoms with Crippen LogP contribution in [0.4, 0.5) is 11.6 Å². The minimum Gasteiger partial charge on any atom is -0.383 e. The third-order valence-electron chi connectivity index (χ3n) is 4.96. The molecule has 0 spiro atoms. The van der Waals surface area contributed by atoms with Crippen molar-refractivity contribution in [2.75, 3.05) is 11.1 Å². The summed E-state index contributed by atoms with van der Waals surface area (Å²) in [5.41, 5.74) is 8.58. The second kappa shape index (κ2) is 8.03. The van der Waals surface area contributed by atoms with Crippen molar-refractivity contribution in [1.29, 1.82) is 0 Å². The first-order valence-corrected chi connectivity index (χ1v) is 10.3. The Bertz CT molecular complexity index is 1270. The Hall–Kier alpha value is -3.82.